The van der Waals surface area contributed by atoms with Crippen molar-refractivity contribution in [1.82, 2.24) is 19.6 Å². The number of halogens is 3. The molecule has 0 aliphatic carbocycles. The van der Waals surface area contributed by atoms with E-state index in [9.17, 15) is 26.4 Å². The molecule has 1 aliphatic rings. The first kappa shape index (κ1) is 22.9. The Bertz CT molecular complexity index is 1230. The average molecular weight is 480 g/mol. The number of aromatic nitrogens is 2. The van der Waals surface area contributed by atoms with Gasteiger partial charge in [-0.2, -0.15) is 17.5 Å². The number of carbonyl (C=O) groups is 1. The van der Waals surface area contributed by atoms with Crippen molar-refractivity contribution in [2.75, 3.05) is 6.54 Å². The molecule has 1 aliphatic heterocycles. The molecule has 33 heavy (non-hydrogen) atoms. The predicted octanol–water partition coefficient (Wildman–Crippen LogP) is 3.22. The van der Waals surface area contributed by atoms with Crippen LogP contribution in [0.5, 0.6) is 0 Å². The minimum Gasteiger partial charge on any atom is -0.452 e. The highest BCUT2D eigenvalue weighted by atomic mass is 32.2. The minimum absolute atomic E-state index is 0.000127. The molecule has 8 nitrogen and oxygen atoms in total. The Hall–Kier alpha value is -3.25. The number of alkyl halides is 3. The van der Waals surface area contributed by atoms with E-state index in [-0.39, 0.29) is 18.2 Å². The lowest BCUT2D eigenvalue weighted by atomic mass is 10.1. The van der Waals surface area contributed by atoms with Crippen LogP contribution in [-0.2, 0) is 27.5 Å². The Morgan fingerprint density at radius 2 is 1.94 bits per heavy atom. The summed E-state index contributed by atoms with van der Waals surface area (Å²) in [7, 11) is -3.93. The van der Waals surface area contributed by atoms with Gasteiger partial charge < -0.3 is 9.73 Å². The number of furan rings is 1. The number of rotatable bonds is 6. The zero-order valence-electron chi connectivity index (χ0n) is 17.1. The normalized spacial score (nSPS) is 17.2. The average Bonchev–Trinajstić information content (AvgIpc) is 3.50. The van der Waals surface area contributed by atoms with E-state index in [0.29, 0.717) is 29.8 Å². The Morgan fingerprint density at radius 3 is 2.61 bits per heavy atom. The van der Waals surface area contributed by atoms with Gasteiger partial charge >= 0.3 is 6.18 Å². The maximum Gasteiger partial charge on any atom is 0.416 e. The fourth-order valence-electron chi connectivity index (χ4n) is 3.59. The van der Waals surface area contributed by atoms with Crippen molar-refractivity contribution < 1.29 is 30.8 Å². The highest BCUT2D eigenvalue weighted by Crippen LogP contribution is 2.31. The lowest BCUT2D eigenvalue weighted by Gasteiger charge is -2.22. The Labute approximate surface area is 187 Å². The summed E-state index contributed by atoms with van der Waals surface area (Å²) in [6.07, 6.45) is -1.03. The predicted molar refractivity (Wildman–Crippen MR) is 110 cm³/mol. The maximum absolute atomic E-state index is 12.8. The van der Waals surface area contributed by atoms with E-state index in [4.69, 9.17) is 4.42 Å². The first-order chi connectivity index (χ1) is 15.7. The van der Waals surface area contributed by atoms with E-state index >= 15 is 0 Å². The Morgan fingerprint density at radius 1 is 1.18 bits per heavy atom. The highest BCUT2D eigenvalue weighted by Gasteiger charge is 2.40. The number of nitrogens with zero attached hydrogens (tertiary/aromatic N) is 3. The van der Waals surface area contributed by atoms with Crippen LogP contribution in [-0.4, -0.2) is 41.2 Å². The molecule has 174 valence electrons. The van der Waals surface area contributed by atoms with Crippen molar-refractivity contribution in [1.29, 1.82) is 0 Å². The van der Waals surface area contributed by atoms with Crippen LogP contribution < -0.4 is 5.32 Å². The number of carbonyl (C=O) groups excluding carboxylic acids is 1. The largest absolute Gasteiger partial charge is 0.452 e. The quantitative estimate of drug-likeness (QED) is 0.581. The zero-order valence-corrected chi connectivity index (χ0v) is 17.9. The van der Waals surface area contributed by atoms with E-state index < -0.39 is 33.7 Å². The number of hydrogen-bond acceptors (Lipinski definition) is 6. The molecule has 0 saturated carbocycles. The second kappa shape index (κ2) is 8.94. The fourth-order valence-corrected chi connectivity index (χ4v) is 5.16. The molecular formula is C21H19F3N4O4S. The molecule has 0 radical (unpaired) electrons. The van der Waals surface area contributed by atoms with E-state index in [1.165, 1.54) is 36.9 Å². The van der Waals surface area contributed by atoms with Crippen LogP contribution in [0.2, 0.25) is 0 Å². The van der Waals surface area contributed by atoms with Gasteiger partial charge in [0.05, 0.1) is 29.8 Å². The molecule has 1 saturated heterocycles. The molecular weight excluding hydrogens is 461 g/mol. The monoisotopic (exact) mass is 480 g/mol. The summed E-state index contributed by atoms with van der Waals surface area (Å²) in [5.41, 5.74) is 0.514. The van der Waals surface area contributed by atoms with E-state index in [0.717, 1.165) is 16.4 Å². The zero-order chi connectivity index (χ0) is 23.6. The van der Waals surface area contributed by atoms with Gasteiger partial charge in [-0.1, -0.05) is 12.1 Å². The van der Waals surface area contributed by atoms with Crippen molar-refractivity contribution in [2.45, 2.75) is 36.7 Å². The number of sulfonamides is 1. The standard InChI is InChI=1S/C21H19F3N4O4S/c22-21(23,24)15-7-5-14(6-8-15)17-11-16(26-13-27-17)12-25-20(29)18-3-1-9-28(18)33(30,31)19-4-2-10-32-19/h2,4-8,10-11,13,18H,1,3,9,12H2,(H,25,29)/t18-/m0/s1. The minimum atomic E-state index is -4.43. The highest BCUT2D eigenvalue weighted by molar-refractivity contribution is 7.89. The third-order valence-corrected chi connectivity index (χ3v) is 7.04. The summed E-state index contributed by atoms with van der Waals surface area (Å²) in [5, 5.41) is 2.46. The van der Waals surface area contributed by atoms with Crippen LogP contribution in [0, 0.1) is 0 Å². The molecule has 1 N–H and O–H groups in total. The van der Waals surface area contributed by atoms with Crippen molar-refractivity contribution in [3.8, 4) is 11.3 Å². The van der Waals surface area contributed by atoms with Crippen LogP contribution in [0.3, 0.4) is 0 Å². The molecule has 1 fully saturated rings. The van der Waals surface area contributed by atoms with Crippen LogP contribution >= 0.6 is 0 Å². The van der Waals surface area contributed by atoms with Gasteiger partial charge in [-0.15, -0.1) is 0 Å². The molecule has 12 heteroatoms. The molecule has 3 aromatic rings. The Kier molecular flexibility index (Phi) is 6.21. The van der Waals surface area contributed by atoms with Crippen LogP contribution in [0.1, 0.15) is 24.1 Å². The summed E-state index contributed by atoms with van der Waals surface area (Å²) in [5.74, 6) is -0.475. The third kappa shape index (κ3) is 4.91. The van der Waals surface area contributed by atoms with Crippen molar-refractivity contribution >= 4 is 15.9 Å². The summed E-state index contributed by atoms with van der Waals surface area (Å²) >= 11 is 0. The fraction of sp³-hybridized carbons (Fsp3) is 0.286. The Balaban J connectivity index is 1.44. The molecule has 0 bridgehead atoms. The maximum atomic E-state index is 12.8. The smallest absolute Gasteiger partial charge is 0.416 e. The van der Waals surface area contributed by atoms with Crippen LogP contribution in [0.25, 0.3) is 11.3 Å². The molecule has 4 rings (SSSR count). The van der Waals surface area contributed by atoms with E-state index in [1.807, 2.05) is 0 Å². The first-order valence-corrected chi connectivity index (χ1v) is 11.4. The van der Waals surface area contributed by atoms with Gasteiger partial charge in [0, 0.05) is 12.1 Å². The topological polar surface area (TPSA) is 105 Å². The molecule has 3 heterocycles. The van der Waals surface area contributed by atoms with Crippen LogP contribution in [0.4, 0.5) is 13.2 Å². The molecule has 1 atom stereocenters. The van der Waals surface area contributed by atoms with Gasteiger partial charge in [-0.05, 0) is 43.2 Å². The summed E-state index contributed by atoms with van der Waals surface area (Å²) in [6, 6.07) is 8.01. The second-order valence-electron chi connectivity index (χ2n) is 7.39. The SMILES string of the molecule is O=C(NCc1cc(-c2ccc(C(F)(F)F)cc2)ncn1)[C@@H]1CCCN1S(=O)(=O)c1ccco1. The second-order valence-corrected chi connectivity index (χ2v) is 9.21. The molecule has 0 unspecified atom stereocenters. The van der Waals surface area contributed by atoms with E-state index in [2.05, 4.69) is 15.3 Å². The van der Waals surface area contributed by atoms with Crippen LogP contribution in [0.15, 0.2) is 64.6 Å². The van der Waals surface area contributed by atoms with Gasteiger partial charge in [-0.25, -0.2) is 18.4 Å². The molecule has 1 aromatic carbocycles. The van der Waals surface area contributed by atoms with Gasteiger partial charge in [-0.3, -0.25) is 4.79 Å². The lowest BCUT2D eigenvalue weighted by molar-refractivity contribution is -0.137. The number of amides is 1. The van der Waals surface area contributed by atoms with Crippen molar-refractivity contribution in [2.24, 2.45) is 0 Å². The van der Waals surface area contributed by atoms with Gasteiger partial charge in [0.25, 0.3) is 10.0 Å². The summed E-state index contributed by atoms with van der Waals surface area (Å²) < 4.78 is 69.9. The molecule has 2 aromatic heterocycles. The van der Waals surface area contributed by atoms with Gasteiger partial charge in [0.15, 0.2) is 0 Å². The van der Waals surface area contributed by atoms with Crippen molar-refractivity contribution in [3.63, 3.8) is 0 Å². The first-order valence-electron chi connectivity index (χ1n) is 9.98. The molecule has 0 spiro atoms. The van der Waals surface area contributed by atoms with E-state index in [1.54, 1.807) is 6.07 Å². The summed E-state index contributed by atoms with van der Waals surface area (Å²) in [6.45, 7) is 0.201. The molecule has 1 amide bonds. The van der Waals surface area contributed by atoms with Gasteiger partial charge in [0.2, 0.25) is 11.0 Å². The third-order valence-electron chi connectivity index (χ3n) is 5.24. The van der Waals surface area contributed by atoms with Crippen molar-refractivity contribution in [3.05, 3.63) is 66.3 Å². The summed E-state index contributed by atoms with van der Waals surface area (Å²) in [4.78, 5) is 20.9. The number of benzene rings is 1. The van der Waals surface area contributed by atoms with Gasteiger partial charge in [0.1, 0.15) is 12.4 Å². The lowest BCUT2D eigenvalue weighted by Crippen LogP contribution is -2.45. The number of hydrogen-bond donors (Lipinski definition) is 1. The number of nitrogens with one attached hydrogen (secondary N) is 1.